The van der Waals surface area contributed by atoms with Crippen LogP contribution in [0.4, 0.5) is 0 Å². The van der Waals surface area contributed by atoms with Crippen molar-refractivity contribution in [3.05, 3.63) is 33.6 Å². The van der Waals surface area contributed by atoms with Gasteiger partial charge in [-0.1, -0.05) is 23.7 Å². The molecule has 0 fully saturated rings. The molecule has 0 aliphatic carbocycles. The van der Waals surface area contributed by atoms with E-state index in [0.29, 0.717) is 16.7 Å². The first-order valence-corrected chi connectivity index (χ1v) is 6.70. The average Bonchev–Trinajstić information content (AvgIpc) is 2.81. The van der Waals surface area contributed by atoms with E-state index in [9.17, 15) is 0 Å². The molecule has 2 unspecified atom stereocenters. The minimum Gasteiger partial charge on any atom is -0.339 e. The van der Waals surface area contributed by atoms with Gasteiger partial charge in [-0.25, -0.2) is 0 Å². The second-order valence-corrected chi connectivity index (χ2v) is 5.49. The molecule has 0 bridgehead atoms. The van der Waals surface area contributed by atoms with Gasteiger partial charge in [-0.3, -0.25) is 0 Å². The molecule has 0 saturated heterocycles. The van der Waals surface area contributed by atoms with Crippen LogP contribution in [0.3, 0.4) is 0 Å². The molecule has 4 nitrogen and oxygen atoms in total. The Bertz CT molecular complexity index is 556. The maximum absolute atomic E-state index is 5.94. The van der Waals surface area contributed by atoms with E-state index in [4.69, 9.17) is 21.9 Å². The first-order valence-electron chi connectivity index (χ1n) is 5.53. The number of halogens is 2. The van der Waals surface area contributed by atoms with Gasteiger partial charge in [0.05, 0.1) is 10.9 Å². The van der Waals surface area contributed by atoms with Gasteiger partial charge in [0, 0.05) is 16.1 Å². The molecule has 0 aliphatic rings. The second-order valence-electron chi connectivity index (χ2n) is 4.23. The van der Waals surface area contributed by atoms with Gasteiger partial charge in [0.2, 0.25) is 11.7 Å². The minimum absolute atomic E-state index is 0.0296. The van der Waals surface area contributed by atoms with Crippen LogP contribution in [0, 0.1) is 0 Å². The second kappa shape index (κ2) is 5.38. The van der Waals surface area contributed by atoms with Crippen molar-refractivity contribution in [1.29, 1.82) is 0 Å². The zero-order valence-corrected chi connectivity index (χ0v) is 12.4. The lowest BCUT2D eigenvalue weighted by molar-refractivity contribution is 0.347. The summed E-state index contributed by atoms with van der Waals surface area (Å²) in [4.78, 5) is 4.35. The largest absolute Gasteiger partial charge is 0.339 e. The molecule has 2 atom stereocenters. The van der Waals surface area contributed by atoms with Gasteiger partial charge in [0.1, 0.15) is 0 Å². The summed E-state index contributed by atoms with van der Waals surface area (Å²) in [6.07, 6.45) is 0. The third kappa shape index (κ3) is 2.74. The molecule has 1 aromatic carbocycles. The van der Waals surface area contributed by atoms with Crippen LogP contribution in [0.1, 0.15) is 25.7 Å². The number of aromatic nitrogens is 2. The lowest BCUT2D eigenvalue weighted by atomic mass is 10.1. The fraction of sp³-hybridized carbons (Fsp3) is 0.333. The summed E-state index contributed by atoms with van der Waals surface area (Å²) in [5.41, 5.74) is 6.65. The highest BCUT2D eigenvalue weighted by Gasteiger charge is 2.18. The monoisotopic (exact) mass is 329 g/mol. The summed E-state index contributed by atoms with van der Waals surface area (Å²) in [6, 6.07) is 5.45. The normalized spacial score (nSPS) is 14.5. The minimum atomic E-state index is -0.0322. The van der Waals surface area contributed by atoms with Crippen LogP contribution in [0.2, 0.25) is 5.02 Å². The molecule has 0 radical (unpaired) electrons. The zero-order valence-electron chi connectivity index (χ0n) is 10.0. The van der Waals surface area contributed by atoms with Gasteiger partial charge >= 0.3 is 0 Å². The predicted octanol–water partition coefficient (Wildman–Crippen LogP) is 3.60. The first-order chi connectivity index (χ1) is 8.49. The number of benzene rings is 1. The molecule has 2 rings (SSSR count). The maximum Gasteiger partial charge on any atom is 0.231 e. The summed E-state index contributed by atoms with van der Waals surface area (Å²) < 4.78 is 6.02. The van der Waals surface area contributed by atoms with E-state index in [2.05, 4.69) is 26.1 Å². The lowest BCUT2D eigenvalue weighted by Gasteiger charge is -2.09. The number of hydrogen-bond donors (Lipinski definition) is 1. The number of nitrogens with two attached hydrogens (primary N) is 1. The first kappa shape index (κ1) is 13.5. The van der Waals surface area contributed by atoms with Crippen molar-refractivity contribution in [2.45, 2.75) is 25.8 Å². The molecular weight excluding hydrogens is 318 g/mol. The van der Waals surface area contributed by atoms with E-state index >= 15 is 0 Å². The van der Waals surface area contributed by atoms with Gasteiger partial charge in [0.15, 0.2) is 0 Å². The fourth-order valence-electron chi connectivity index (χ4n) is 1.40. The standard InChI is InChI=1S/C12H13BrClN3O/c1-6(7(2)15)12-16-11(17-18-12)8-3-4-10(14)9(13)5-8/h3-7H,15H2,1-2H3. The van der Waals surface area contributed by atoms with Crippen molar-refractivity contribution in [3.8, 4) is 11.4 Å². The molecule has 1 aromatic heterocycles. The van der Waals surface area contributed by atoms with E-state index in [-0.39, 0.29) is 12.0 Å². The Morgan fingerprint density at radius 3 is 2.72 bits per heavy atom. The summed E-state index contributed by atoms with van der Waals surface area (Å²) in [6.45, 7) is 3.87. The predicted molar refractivity (Wildman–Crippen MR) is 74.5 cm³/mol. The summed E-state index contributed by atoms with van der Waals surface area (Å²) in [7, 11) is 0. The molecule has 0 amide bonds. The van der Waals surface area contributed by atoms with Crippen molar-refractivity contribution in [3.63, 3.8) is 0 Å². The van der Waals surface area contributed by atoms with Crippen LogP contribution in [0.25, 0.3) is 11.4 Å². The average molecular weight is 331 g/mol. The van der Waals surface area contributed by atoms with Gasteiger partial charge in [-0.15, -0.1) is 0 Å². The molecule has 1 heterocycles. The molecule has 0 saturated carbocycles. The Balaban J connectivity index is 2.32. The number of rotatable bonds is 3. The zero-order chi connectivity index (χ0) is 13.3. The molecule has 6 heteroatoms. The van der Waals surface area contributed by atoms with Gasteiger partial charge in [-0.05, 0) is 41.1 Å². The van der Waals surface area contributed by atoms with Crippen molar-refractivity contribution in [1.82, 2.24) is 10.1 Å². The Kier molecular flexibility index (Phi) is 4.04. The van der Waals surface area contributed by atoms with E-state index in [1.165, 1.54) is 0 Å². The van der Waals surface area contributed by atoms with Gasteiger partial charge in [0.25, 0.3) is 0 Å². The highest BCUT2D eigenvalue weighted by atomic mass is 79.9. The van der Waals surface area contributed by atoms with Crippen molar-refractivity contribution >= 4 is 27.5 Å². The SMILES string of the molecule is CC(N)C(C)c1nc(-c2ccc(Cl)c(Br)c2)no1. The molecular formula is C12H13BrClN3O. The smallest absolute Gasteiger partial charge is 0.231 e. The van der Waals surface area contributed by atoms with Gasteiger partial charge < -0.3 is 10.3 Å². The van der Waals surface area contributed by atoms with E-state index in [1.54, 1.807) is 6.07 Å². The Labute approximate surface area is 119 Å². The Hall–Kier alpha value is -0.910. The van der Waals surface area contributed by atoms with Crippen molar-refractivity contribution in [2.75, 3.05) is 0 Å². The highest BCUT2D eigenvalue weighted by molar-refractivity contribution is 9.10. The Morgan fingerprint density at radius 2 is 2.11 bits per heavy atom. The van der Waals surface area contributed by atoms with Crippen LogP contribution in [-0.2, 0) is 0 Å². The quantitative estimate of drug-likeness (QED) is 0.934. The number of nitrogens with zero attached hydrogens (tertiary/aromatic N) is 2. The molecule has 0 aliphatic heterocycles. The van der Waals surface area contributed by atoms with E-state index < -0.39 is 0 Å². The topological polar surface area (TPSA) is 64.9 Å². The lowest BCUT2D eigenvalue weighted by Crippen LogP contribution is -2.22. The third-order valence-corrected chi connectivity index (χ3v) is 4.01. The van der Waals surface area contributed by atoms with Crippen LogP contribution in [0.15, 0.2) is 27.2 Å². The van der Waals surface area contributed by atoms with Crippen LogP contribution in [0.5, 0.6) is 0 Å². The van der Waals surface area contributed by atoms with Crippen LogP contribution >= 0.6 is 27.5 Å². The van der Waals surface area contributed by atoms with Crippen LogP contribution < -0.4 is 5.73 Å². The van der Waals surface area contributed by atoms with Gasteiger partial charge in [-0.2, -0.15) is 4.98 Å². The van der Waals surface area contributed by atoms with Crippen molar-refractivity contribution < 1.29 is 4.52 Å². The fourth-order valence-corrected chi connectivity index (χ4v) is 1.89. The van der Waals surface area contributed by atoms with E-state index in [1.807, 2.05) is 26.0 Å². The van der Waals surface area contributed by atoms with Crippen molar-refractivity contribution in [2.24, 2.45) is 5.73 Å². The summed E-state index contributed by atoms with van der Waals surface area (Å²) in [5, 5.41) is 4.60. The Morgan fingerprint density at radius 1 is 1.39 bits per heavy atom. The maximum atomic E-state index is 5.94. The van der Waals surface area contributed by atoms with E-state index in [0.717, 1.165) is 10.0 Å². The number of hydrogen-bond acceptors (Lipinski definition) is 4. The molecule has 0 spiro atoms. The molecule has 96 valence electrons. The summed E-state index contributed by atoms with van der Waals surface area (Å²) in [5.74, 6) is 1.11. The highest BCUT2D eigenvalue weighted by Crippen LogP contribution is 2.28. The third-order valence-electron chi connectivity index (χ3n) is 2.80. The van der Waals surface area contributed by atoms with Crippen LogP contribution in [-0.4, -0.2) is 16.2 Å². The molecule has 2 N–H and O–H groups in total. The molecule has 18 heavy (non-hydrogen) atoms. The summed E-state index contributed by atoms with van der Waals surface area (Å²) >= 11 is 9.30. The molecule has 2 aromatic rings.